The quantitative estimate of drug-likeness (QED) is 0.494. The Labute approximate surface area is 125 Å². The number of fused-ring (bicyclic) bond motifs is 1. The number of para-hydroxylation sites is 1. The number of hydrogen-bond donors (Lipinski definition) is 0. The number of nitrogens with zero attached hydrogens (tertiary/aromatic N) is 1. The lowest BCUT2D eigenvalue weighted by Gasteiger charge is -2.10. The predicted molar refractivity (Wildman–Crippen MR) is 77.5 cm³/mol. The molecular formula is C16H11NO5. The molecule has 0 radical (unpaired) electrons. The van der Waals surface area contributed by atoms with Gasteiger partial charge in [-0.2, -0.15) is 0 Å². The largest absolute Gasteiger partial charge is 0.490 e. The molecule has 0 bridgehead atoms. The number of ketones is 2. The molecular weight excluding hydrogens is 286 g/mol. The summed E-state index contributed by atoms with van der Waals surface area (Å²) in [6.07, 6.45) is 0. The van der Waals surface area contributed by atoms with Gasteiger partial charge in [-0.05, 0) is 6.07 Å². The summed E-state index contributed by atoms with van der Waals surface area (Å²) in [6, 6.07) is 10.8. The number of nitro groups is 1. The Kier molecular flexibility index (Phi) is 3.21. The van der Waals surface area contributed by atoms with Crippen LogP contribution in [0.5, 0.6) is 5.75 Å². The van der Waals surface area contributed by atoms with Gasteiger partial charge in [0.05, 0.1) is 17.6 Å². The Hall–Kier alpha value is -3.02. The van der Waals surface area contributed by atoms with E-state index in [0.29, 0.717) is 11.1 Å². The van der Waals surface area contributed by atoms with Crippen LogP contribution in [-0.4, -0.2) is 23.6 Å². The van der Waals surface area contributed by atoms with Crippen LogP contribution in [0.25, 0.3) is 0 Å². The highest BCUT2D eigenvalue weighted by Gasteiger charge is 2.43. The summed E-state index contributed by atoms with van der Waals surface area (Å²) in [4.78, 5) is 35.7. The van der Waals surface area contributed by atoms with Crippen LogP contribution in [-0.2, 0) is 0 Å². The topological polar surface area (TPSA) is 86.5 Å². The zero-order valence-corrected chi connectivity index (χ0v) is 11.6. The van der Waals surface area contributed by atoms with E-state index >= 15 is 0 Å². The fourth-order valence-corrected chi connectivity index (χ4v) is 2.76. The number of benzene rings is 2. The van der Waals surface area contributed by atoms with E-state index in [2.05, 4.69) is 0 Å². The standard InChI is InChI=1S/C16H11NO5/c1-22-12-8-4-7-11(14(12)17(20)21)13-15(18)9-5-2-3-6-10(9)16(13)19/h2-8,13H,1H3. The molecule has 0 aromatic heterocycles. The number of nitro benzene ring substituents is 1. The van der Waals surface area contributed by atoms with E-state index in [0.717, 1.165) is 0 Å². The summed E-state index contributed by atoms with van der Waals surface area (Å²) >= 11 is 0. The van der Waals surface area contributed by atoms with Crippen molar-refractivity contribution >= 4 is 17.3 Å². The third-order valence-electron chi connectivity index (χ3n) is 3.73. The van der Waals surface area contributed by atoms with E-state index in [1.807, 2.05) is 0 Å². The molecule has 6 heteroatoms. The van der Waals surface area contributed by atoms with Gasteiger partial charge in [0, 0.05) is 11.1 Å². The van der Waals surface area contributed by atoms with E-state index < -0.39 is 22.4 Å². The molecule has 0 atom stereocenters. The molecule has 2 aromatic carbocycles. The Morgan fingerprint density at radius 1 is 1.00 bits per heavy atom. The highest BCUT2D eigenvalue weighted by Crippen LogP contribution is 2.41. The highest BCUT2D eigenvalue weighted by atomic mass is 16.6. The number of hydrogen-bond acceptors (Lipinski definition) is 5. The molecule has 0 saturated heterocycles. The van der Waals surface area contributed by atoms with E-state index in [4.69, 9.17) is 4.74 Å². The third-order valence-corrected chi connectivity index (χ3v) is 3.73. The number of ether oxygens (including phenoxy) is 1. The third kappa shape index (κ3) is 1.88. The summed E-state index contributed by atoms with van der Waals surface area (Å²) < 4.78 is 4.99. The Morgan fingerprint density at radius 3 is 2.09 bits per heavy atom. The first-order valence-electron chi connectivity index (χ1n) is 6.55. The summed E-state index contributed by atoms with van der Waals surface area (Å²) in [5.41, 5.74) is 0.323. The van der Waals surface area contributed by atoms with Crippen molar-refractivity contribution in [1.82, 2.24) is 0 Å². The summed E-state index contributed by atoms with van der Waals surface area (Å²) in [6.45, 7) is 0. The van der Waals surface area contributed by atoms with Gasteiger partial charge in [0.15, 0.2) is 17.3 Å². The van der Waals surface area contributed by atoms with Crippen molar-refractivity contribution in [1.29, 1.82) is 0 Å². The second kappa shape index (κ2) is 5.07. The number of methoxy groups -OCH3 is 1. The van der Waals surface area contributed by atoms with Gasteiger partial charge in [-0.3, -0.25) is 19.7 Å². The number of rotatable bonds is 3. The molecule has 0 N–H and O–H groups in total. The fraction of sp³-hybridized carbons (Fsp3) is 0.125. The molecule has 0 unspecified atom stereocenters. The molecule has 22 heavy (non-hydrogen) atoms. The van der Waals surface area contributed by atoms with Crippen molar-refractivity contribution in [2.45, 2.75) is 5.92 Å². The van der Waals surface area contributed by atoms with Crippen molar-refractivity contribution in [3.05, 3.63) is 69.3 Å². The molecule has 3 rings (SSSR count). The summed E-state index contributed by atoms with van der Waals surface area (Å²) in [5, 5.41) is 11.3. The smallest absolute Gasteiger partial charge is 0.315 e. The minimum absolute atomic E-state index is 0.0269. The second-order valence-corrected chi connectivity index (χ2v) is 4.86. The number of carbonyl (C=O) groups is 2. The van der Waals surface area contributed by atoms with Crippen LogP contribution >= 0.6 is 0 Å². The van der Waals surface area contributed by atoms with E-state index in [1.165, 1.54) is 25.3 Å². The van der Waals surface area contributed by atoms with Crippen LogP contribution in [0.15, 0.2) is 42.5 Å². The Morgan fingerprint density at radius 2 is 1.59 bits per heavy atom. The number of carbonyl (C=O) groups excluding carboxylic acids is 2. The minimum Gasteiger partial charge on any atom is -0.490 e. The normalized spacial score (nSPS) is 14.0. The SMILES string of the molecule is COc1cccc(C2C(=O)c3ccccc3C2=O)c1[N+](=O)[O-]. The van der Waals surface area contributed by atoms with Crippen molar-refractivity contribution in [2.24, 2.45) is 0 Å². The molecule has 110 valence electrons. The molecule has 0 spiro atoms. The van der Waals surface area contributed by atoms with Gasteiger partial charge in [0.2, 0.25) is 0 Å². The van der Waals surface area contributed by atoms with Gasteiger partial charge >= 0.3 is 5.69 Å². The Bertz CT molecular complexity index is 777. The summed E-state index contributed by atoms with van der Waals surface area (Å²) in [7, 11) is 1.30. The lowest BCUT2D eigenvalue weighted by Crippen LogP contribution is -2.15. The predicted octanol–water partition coefficient (Wildman–Crippen LogP) is 2.77. The zero-order valence-electron chi connectivity index (χ0n) is 11.6. The maximum Gasteiger partial charge on any atom is 0.315 e. The van der Waals surface area contributed by atoms with Crippen LogP contribution in [0.2, 0.25) is 0 Å². The average molecular weight is 297 g/mol. The fourth-order valence-electron chi connectivity index (χ4n) is 2.76. The van der Waals surface area contributed by atoms with Crippen LogP contribution in [0.3, 0.4) is 0 Å². The van der Waals surface area contributed by atoms with Gasteiger partial charge in [-0.1, -0.05) is 36.4 Å². The lowest BCUT2D eigenvalue weighted by molar-refractivity contribution is -0.386. The first-order valence-corrected chi connectivity index (χ1v) is 6.55. The van der Waals surface area contributed by atoms with Crippen molar-refractivity contribution in [2.75, 3.05) is 7.11 Å². The first kappa shape index (κ1) is 13.9. The number of Topliss-reactive ketones (excluding diaryl/α,β-unsaturated/α-hetero) is 2. The van der Waals surface area contributed by atoms with Crippen LogP contribution < -0.4 is 4.74 Å². The van der Waals surface area contributed by atoms with Gasteiger partial charge in [0.25, 0.3) is 0 Å². The second-order valence-electron chi connectivity index (χ2n) is 4.86. The molecule has 1 aliphatic carbocycles. The lowest BCUT2D eigenvalue weighted by atomic mass is 9.92. The van der Waals surface area contributed by atoms with E-state index in [9.17, 15) is 19.7 Å². The molecule has 0 heterocycles. The molecule has 6 nitrogen and oxygen atoms in total. The first-order chi connectivity index (χ1) is 10.6. The minimum atomic E-state index is -1.19. The van der Waals surface area contributed by atoms with Crippen molar-refractivity contribution in [3.8, 4) is 5.75 Å². The van der Waals surface area contributed by atoms with Crippen LogP contribution in [0, 0.1) is 10.1 Å². The molecule has 2 aromatic rings. The van der Waals surface area contributed by atoms with Crippen LogP contribution in [0.1, 0.15) is 32.2 Å². The molecule has 0 aliphatic heterocycles. The molecule has 0 fully saturated rings. The molecule has 0 amide bonds. The van der Waals surface area contributed by atoms with Gasteiger partial charge in [0.1, 0.15) is 5.92 Å². The monoisotopic (exact) mass is 297 g/mol. The average Bonchev–Trinajstić information content (AvgIpc) is 2.78. The van der Waals surface area contributed by atoms with Crippen molar-refractivity contribution in [3.63, 3.8) is 0 Å². The Balaban J connectivity index is 2.20. The van der Waals surface area contributed by atoms with E-state index in [1.54, 1.807) is 24.3 Å². The molecule has 1 aliphatic rings. The van der Waals surface area contributed by atoms with Gasteiger partial charge < -0.3 is 4.74 Å². The van der Waals surface area contributed by atoms with Gasteiger partial charge in [-0.25, -0.2) is 0 Å². The summed E-state index contributed by atoms with van der Waals surface area (Å²) in [5.74, 6) is -2.00. The van der Waals surface area contributed by atoms with Crippen LogP contribution in [0.4, 0.5) is 5.69 Å². The van der Waals surface area contributed by atoms with Gasteiger partial charge in [-0.15, -0.1) is 0 Å². The highest BCUT2D eigenvalue weighted by molar-refractivity contribution is 6.30. The molecule has 0 saturated carbocycles. The van der Waals surface area contributed by atoms with Crippen molar-refractivity contribution < 1.29 is 19.2 Å². The zero-order chi connectivity index (χ0) is 15.9. The maximum absolute atomic E-state index is 12.5. The maximum atomic E-state index is 12.5. The van der Waals surface area contributed by atoms with E-state index in [-0.39, 0.29) is 17.0 Å².